The summed E-state index contributed by atoms with van der Waals surface area (Å²) in [7, 11) is 0. The topological polar surface area (TPSA) is 29.5 Å². The Morgan fingerprint density at radius 2 is 1.71 bits per heavy atom. The van der Waals surface area contributed by atoms with Crippen LogP contribution in [0.15, 0.2) is 30.3 Å². The van der Waals surface area contributed by atoms with Crippen LogP contribution < -0.4 is 0 Å². The fraction of sp³-hybridized carbons (Fsp3) is 0.588. The molecule has 28 heavy (non-hydrogen) atoms. The number of halogens is 8. The highest BCUT2D eigenvalue weighted by molar-refractivity contribution is 14.1. The Kier molecular flexibility index (Phi) is 6.59. The predicted octanol–water partition coefficient (Wildman–Crippen LogP) is 5.24. The van der Waals surface area contributed by atoms with Crippen LogP contribution in [0, 0.1) is 11.3 Å². The third kappa shape index (κ3) is 4.24. The van der Waals surface area contributed by atoms with E-state index in [1.807, 2.05) is 0 Å². The van der Waals surface area contributed by atoms with Gasteiger partial charge in [0.2, 0.25) is 0 Å². The Morgan fingerprint density at radius 3 is 2.21 bits per heavy atom. The normalized spacial score (nSPS) is 24.1. The molecule has 0 unspecified atom stereocenters. The lowest BCUT2D eigenvalue weighted by molar-refractivity contribution is -0.359. The third-order valence-electron chi connectivity index (χ3n) is 4.82. The molecule has 1 heterocycles. The van der Waals surface area contributed by atoms with Crippen LogP contribution in [0.4, 0.5) is 30.7 Å². The Hall–Kier alpha value is -1.11. The number of rotatable bonds is 7. The number of carbonyl (C=O) groups excluding carboxylic acids is 1. The maximum absolute atomic E-state index is 14.0. The number of benzene rings is 1. The third-order valence-corrected chi connectivity index (χ3v) is 5.89. The Labute approximate surface area is 170 Å². The molecule has 1 aliphatic heterocycles. The standard InChI is InChI=1S/C17H17F7INO2/c1-14(10-15(18,19)16(20,21)17(22,23)24)12(7-25)8-26(13(14)27)28-9-11-5-3-2-4-6-11/h2-6,12H,7-10H2,1H3/t12-,14-/m0/s1. The lowest BCUT2D eigenvalue weighted by atomic mass is 9.74. The molecule has 1 aliphatic rings. The van der Waals surface area contributed by atoms with Crippen LogP contribution in [0.3, 0.4) is 0 Å². The van der Waals surface area contributed by atoms with Gasteiger partial charge in [0.25, 0.3) is 5.91 Å². The van der Waals surface area contributed by atoms with E-state index in [1.165, 1.54) is 0 Å². The average Bonchev–Trinajstić information content (AvgIpc) is 2.83. The van der Waals surface area contributed by atoms with Gasteiger partial charge in [0.05, 0.1) is 12.0 Å². The molecular formula is C17H17F7INO2. The van der Waals surface area contributed by atoms with Crippen molar-refractivity contribution in [1.82, 2.24) is 5.06 Å². The van der Waals surface area contributed by atoms with E-state index in [-0.39, 0.29) is 17.6 Å². The first-order chi connectivity index (χ1) is 12.8. The second-order valence-corrected chi connectivity index (χ2v) is 7.73. The van der Waals surface area contributed by atoms with Crippen molar-refractivity contribution in [2.45, 2.75) is 38.0 Å². The van der Waals surface area contributed by atoms with Gasteiger partial charge in [-0.3, -0.25) is 9.63 Å². The molecule has 1 amide bonds. The molecule has 11 heteroatoms. The van der Waals surface area contributed by atoms with Gasteiger partial charge in [0, 0.05) is 16.8 Å². The van der Waals surface area contributed by atoms with E-state index in [0.29, 0.717) is 5.56 Å². The molecule has 0 radical (unpaired) electrons. The van der Waals surface area contributed by atoms with Crippen LogP contribution in [0.2, 0.25) is 0 Å². The number of nitrogens with zero attached hydrogens (tertiary/aromatic N) is 1. The van der Waals surface area contributed by atoms with E-state index in [0.717, 1.165) is 12.0 Å². The molecule has 2 atom stereocenters. The van der Waals surface area contributed by atoms with Crippen molar-refractivity contribution in [3.05, 3.63) is 35.9 Å². The monoisotopic (exact) mass is 527 g/mol. The summed E-state index contributed by atoms with van der Waals surface area (Å²) < 4.78 is 92.0. The van der Waals surface area contributed by atoms with Crippen molar-refractivity contribution in [2.75, 3.05) is 11.0 Å². The molecule has 1 aromatic carbocycles. The quantitative estimate of drug-likeness (QED) is 0.276. The van der Waals surface area contributed by atoms with Crippen molar-refractivity contribution in [3.8, 4) is 0 Å². The summed E-state index contributed by atoms with van der Waals surface area (Å²) in [5.74, 6) is -13.6. The summed E-state index contributed by atoms with van der Waals surface area (Å²) in [6, 6.07) is 8.54. The smallest absolute Gasteiger partial charge is 0.272 e. The minimum absolute atomic E-state index is 0.0776. The summed E-state index contributed by atoms with van der Waals surface area (Å²) in [5.41, 5.74) is -1.46. The lowest BCUT2D eigenvalue weighted by Crippen LogP contribution is -2.55. The van der Waals surface area contributed by atoms with E-state index in [9.17, 15) is 35.5 Å². The summed E-state index contributed by atoms with van der Waals surface area (Å²) in [6.07, 6.45) is -8.37. The molecule has 1 fully saturated rings. The number of hydrogen-bond acceptors (Lipinski definition) is 2. The van der Waals surface area contributed by atoms with Gasteiger partial charge in [-0.25, -0.2) is 5.06 Å². The van der Waals surface area contributed by atoms with Gasteiger partial charge in [-0.15, -0.1) is 0 Å². The molecule has 0 bridgehead atoms. The molecule has 0 aliphatic carbocycles. The summed E-state index contributed by atoms with van der Waals surface area (Å²) >= 11 is 1.77. The maximum Gasteiger partial charge on any atom is 0.459 e. The van der Waals surface area contributed by atoms with E-state index < -0.39 is 41.7 Å². The molecule has 1 saturated heterocycles. The van der Waals surface area contributed by atoms with Gasteiger partial charge in [0.1, 0.15) is 6.61 Å². The zero-order valence-electron chi connectivity index (χ0n) is 14.6. The Morgan fingerprint density at radius 1 is 1.14 bits per heavy atom. The highest BCUT2D eigenvalue weighted by Crippen LogP contribution is 2.54. The fourth-order valence-electron chi connectivity index (χ4n) is 3.00. The molecule has 2 rings (SSSR count). The van der Waals surface area contributed by atoms with Crippen LogP contribution in [0.25, 0.3) is 0 Å². The van der Waals surface area contributed by atoms with Crippen LogP contribution in [-0.2, 0) is 16.2 Å². The molecule has 0 aromatic heterocycles. The van der Waals surface area contributed by atoms with E-state index in [2.05, 4.69) is 0 Å². The lowest BCUT2D eigenvalue weighted by Gasteiger charge is -2.35. The first-order valence-corrected chi connectivity index (χ1v) is 9.66. The number of hydrogen-bond donors (Lipinski definition) is 0. The van der Waals surface area contributed by atoms with Gasteiger partial charge in [-0.05, 0) is 5.56 Å². The van der Waals surface area contributed by atoms with Gasteiger partial charge in [-0.1, -0.05) is 59.8 Å². The summed E-state index contributed by atoms with van der Waals surface area (Å²) in [6.45, 7) is 0.718. The van der Waals surface area contributed by atoms with Crippen molar-refractivity contribution in [1.29, 1.82) is 0 Å². The fourth-order valence-corrected chi connectivity index (χ4v) is 4.25. The molecule has 0 saturated carbocycles. The molecule has 3 nitrogen and oxygen atoms in total. The maximum atomic E-state index is 14.0. The number of hydroxylamine groups is 2. The SMILES string of the molecule is C[C@@]1(CC(F)(F)C(F)(F)C(F)(F)F)C(=O)N(OCc2ccccc2)C[C@@H]1CI. The second-order valence-electron chi connectivity index (χ2n) is 6.85. The summed E-state index contributed by atoms with van der Waals surface area (Å²) in [5, 5.41) is 0.776. The molecule has 158 valence electrons. The number of alkyl halides is 8. The second kappa shape index (κ2) is 7.96. The number of amides is 1. The molecule has 1 aromatic rings. The minimum atomic E-state index is -6.43. The zero-order valence-corrected chi connectivity index (χ0v) is 16.7. The number of carbonyl (C=O) groups is 1. The van der Waals surface area contributed by atoms with Gasteiger partial charge < -0.3 is 0 Å². The summed E-state index contributed by atoms with van der Waals surface area (Å²) in [4.78, 5) is 17.9. The van der Waals surface area contributed by atoms with Crippen molar-refractivity contribution in [3.63, 3.8) is 0 Å². The van der Waals surface area contributed by atoms with Gasteiger partial charge >= 0.3 is 18.0 Å². The first kappa shape index (κ1) is 23.2. The van der Waals surface area contributed by atoms with Crippen LogP contribution >= 0.6 is 22.6 Å². The average molecular weight is 527 g/mol. The van der Waals surface area contributed by atoms with Gasteiger partial charge in [0.15, 0.2) is 0 Å². The predicted molar refractivity (Wildman–Crippen MR) is 94.0 cm³/mol. The minimum Gasteiger partial charge on any atom is -0.272 e. The van der Waals surface area contributed by atoms with E-state index in [1.54, 1.807) is 52.9 Å². The highest BCUT2D eigenvalue weighted by Gasteiger charge is 2.75. The van der Waals surface area contributed by atoms with E-state index >= 15 is 0 Å². The molecule has 0 spiro atoms. The Balaban J connectivity index is 2.21. The molecular weight excluding hydrogens is 510 g/mol. The van der Waals surface area contributed by atoms with Crippen molar-refractivity contribution in [2.24, 2.45) is 11.3 Å². The highest BCUT2D eigenvalue weighted by atomic mass is 127. The largest absolute Gasteiger partial charge is 0.459 e. The zero-order chi connectivity index (χ0) is 21.4. The van der Waals surface area contributed by atoms with Crippen molar-refractivity contribution < 1.29 is 40.4 Å². The van der Waals surface area contributed by atoms with Crippen LogP contribution in [0.5, 0.6) is 0 Å². The van der Waals surface area contributed by atoms with Gasteiger partial charge in [-0.2, -0.15) is 30.7 Å². The van der Waals surface area contributed by atoms with Crippen LogP contribution in [0.1, 0.15) is 18.9 Å². The van der Waals surface area contributed by atoms with E-state index in [4.69, 9.17) is 4.84 Å². The molecule has 0 N–H and O–H groups in total. The van der Waals surface area contributed by atoms with Crippen molar-refractivity contribution >= 4 is 28.5 Å². The first-order valence-electron chi connectivity index (χ1n) is 8.13. The Bertz CT molecular complexity index is 698. The van der Waals surface area contributed by atoms with Crippen LogP contribution in [-0.4, -0.2) is 40.0 Å².